The number of aliphatic hydroxyl groups is 1. The molecule has 96 valence electrons. The van der Waals surface area contributed by atoms with Crippen LogP contribution < -0.4 is 5.32 Å². The molecule has 1 rings (SSSR count). The van der Waals surface area contributed by atoms with Gasteiger partial charge in [-0.2, -0.15) is 0 Å². The summed E-state index contributed by atoms with van der Waals surface area (Å²) in [6, 6.07) is 4.84. The van der Waals surface area contributed by atoms with Crippen LogP contribution in [0.25, 0.3) is 0 Å². The van der Waals surface area contributed by atoms with Crippen LogP contribution >= 0.6 is 0 Å². The molecule has 17 heavy (non-hydrogen) atoms. The van der Waals surface area contributed by atoms with Crippen molar-refractivity contribution in [3.8, 4) is 0 Å². The van der Waals surface area contributed by atoms with Crippen LogP contribution in [0.2, 0.25) is 0 Å². The van der Waals surface area contributed by atoms with Gasteiger partial charge in [-0.3, -0.25) is 0 Å². The summed E-state index contributed by atoms with van der Waals surface area (Å²) < 4.78 is 13.2. The fourth-order valence-corrected chi connectivity index (χ4v) is 2.06. The zero-order chi connectivity index (χ0) is 12.8. The third-order valence-electron chi connectivity index (χ3n) is 3.02. The Hall–Kier alpha value is -1.09. The minimum Gasteiger partial charge on any atom is -0.394 e. The summed E-state index contributed by atoms with van der Waals surface area (Å²) in [6.07, 6.45) is 2.13. The van der Waals surface area contributed by atoms with E-state index in [0.717, 1.165) is 24.1 Å². The van der Waals surface area contributed by atoms with E-state index in [4.69, 9.17) is 0 Å². The molecule has 0 amide bonds. The van der Waals surface area contributed by atoms with E-state index in [9.17, 15) is 9.50 Å². The van der Waals surface area contributed by atoms with Gasteiger partial charge in [0.15, 0.2) is 0 Å². The third kappa shape index (κ3) is 4.35. The van der Waals surface area contributed by atoms with E-state index in [-0.39, 0.29) is 18.5 Å². The molecule has 1 aromatic rings. The zero-order valence-corrected chi connectivity index (χ0v) is 10.8. The highest BCUT2D eigenvalue weighted by Gasteiger charge is 2.15. The van der Waals surface area contributed by atoms with Crippen molar-refractivity contribution in [2.45, 2.75) is 39.7 Å². The van der Waals surface area contributed by atoms with Gasteiger partial charge in [0.05, 0.1) is 12.6 Å². The average Bonchev–Trinajstić information content (AvgIpc) is 2.24. The van der Waals surface area contributed by atoms with Crippen LogP contribution in [0.1, 0.15) is 32.3 Å². The number of rotatable bonds is 6. The molecule has 2 unspecified atom stereocenters. The van der Waals surface area contributed by atoms with Crippen molar-refractivity contribution in [3.63, 3.8) is 0 Å². The van der Waals surface area contributed by atoms with Crippen molar-refractivity contribution in [2.24, 2.45) is 5.92 Å². The summed E-state index contributed by atoms with van der Waals surface area (Å²) in [4.78, 5) is 0. The van der Waals surface area contributed by atoms with Crippen LogP contribution in [-0.4, -0.2) is 17.8 Å². The Morgan fingerprint density at radius 2 is 2.06 bits per heavy atom. The molecule has 0 heterocycles. The van der Waals surface area contributed by atoms with Crippen molar-refractivity contribution in [3.05, 3.63) is 29.6 Å². The number of aliphatic hydroxyl groups excluding tert-OH is 1. The maximum Gasteiger partial charge on any atom is 0.125 e. The van der Waals surface area contributed by atoms with Crippen molar-refractivity contribution < 1.29 is 9.50 Å². The predicted octanol–water partition coefficient (Wildman–Crippen LogP) is 3.34. The normalized spacial score (nSPS) is 14.4. The van der Waals surface area contributed by atoms with Crippen LogP contribution in [0.4, 0.5) is 10.1 Å². The number of hydrogen-bond donors (Lipinski definition) is 2. The molecule has 2 atom stereocenters. The van der Waals surface area contributed by atoms with Gasteiger partial charge in [0.2, 0.25) is 0 Å². The highest BCUT2D eigenvalue weighted by atomic mass is 19.1. The number of hydrogen-bond acceptors (Lipinski definition) is 2. The summed E-state index contributed by atoms with van der Waals surface area (Å²) in [5.74, 6) is 0.126. The topological polar surface area (TPSA) is 32.3 Å². The second kappa shape index (κ2) is 6.60. The van der Waals surface area contributed by atoms with E-state index >= 15 is 0 Å². The van der Waals surface area contributed by atoms with Gasteiger partial charge in [-0.25, -0.2) is 4.39 Å². The van der Waals surface area contributed by atoms with Gasteiger partial charge in [-0.15, -0.1) is 0 Å². The first kappa shape index (κ1) is 14.0. The lowest BCUT2D eigenvalue weighted by Gasteiger charge is -2.24. The minimum absolute atomic E-state index is 0.0175. The fourth-order valence-electron chi connectivity index (χ4n) is 2.06. The molecule has 0 aromatic heterocycles. The van der Waals surface area contributed by atoms with Crippen LogP contribution in [0, 0.1) is 18.7 Å². The summed E-state index contributed by atoms with van der Waals surface area (Å²) in [5, 5.41) is 12.6. The van der Waals surface area contributed by atoms with Gasteiger partial charge in [-0.05, 0) is 43.0 Å². The van der Waals surface area contributed by atoms with Gasteiger partial charge in [0, 0.05) is 5.69 Å². The molecule has 0 saturated heterocycles. The number of halogens is 1. The van der Waals surface area contributed by atoms with E-state index in [1.807, 2.05) is 13.0 Å². The molecular formula is C14H22FNO. The SMILES string of the molecule is CCCC(C)C(CO)Nc1cc(C)cc(F)c1. The monoisotopic (exact) mass is 239 g/mol. The second-order valence-corrected chi connectivity index (χ2v) is 4.72. The molecule has 1 aromatic carbocycles. The number of benzene rings is 1. The van der Waals surface area contributed by atoms with Crippen molar-refractivity contribution >= 4 is 5.69 Å². The molecule has 0 radical (unpaired) electrons. The van der Waals surface area contributed by atoms with Gasteiger partial charge in [-0.1, -0.05) is 20.3 Å². The van der Waals surface area contributed by atoms with Crippen molar-refractivity contribution in [1.82, 2.24) is 0 Å². The molecule has 3 heteroatoms. The molecule has 2 N–H and O–H groups in total. The highest BCUT2D eigenvalue weighted by molar-refractivity contribution is 5.46. The fraction of sp³-hybridized carbons (Fsp3) is 0.571. The highest BCUT2D eigenvalue weighted by Crippen LogP contribution is 2.18. The number of aryl methyl sites for hydroxylation is 1. The smallest absolute Gasteiger partial charge is 0.125 e. The lowest BCUT2D eigenvalue weighted by Crippen LogP contribution is -2.31. The van der Waals surface area contributed by atoms with E-state index in [0.29, 0.717) is 5.92 Å². The van der Waals surface area contributed by atoms with E-state index < -0.39 is 0 Å². The molecular weight excluding hydrogens is 217 g/mol. The quantitative estimate of drug-likeness (QED) is 0.798. The molecule has 0 aliphatic carbocycles. The van der Waals surface area contributed by atoms with E-state index in [2.05, 4.69) is 19.2 Å². The summed E-state index contributed by atoms with van der Waals surface area (Å²) in [5.41, 5.74) is 1.62. The Morgan fingerprint density at radius 1 is 1.35 bits per heavy atom. The van der Waals surface area contributed by atoms with Crippen LogP contribution in [-0.2, 0) is 0 Å². The van der Waals surface area contributed by atoms with Crippen LogP contribution in [0.5, 0.6) is 0 Å². The van der Waals surface area contributed by atoms with Gasteiger partial charge in [0.25, 0.3) is 0 Å². The average molecular weight is 239 g/mol. The minimum atomic E-state index is -0.243. The van der Waals surface area contributed by atoms with Gasteiger partial charge in [0.1, 0.15) is 5.82 Å². The zero-order valence-electron chi connectivity index (χ0n) is 10.8. The van der Waals surface area contributed by atoms with Gasteiger partial charge >= 0.3 is 0 Å². The lowest BCUT2D eigenvalue weighted by molar-refractivity contribution is 0.238. The first-order chi connectivity index (χ1) is 8.06. The summed E-state index contributed by atoms with van der Waals surface area (Å²) in [7, 11) is 0. The molecule has 0 saturated carbocycles. The van der Waals surface area contributed by atoms with E-state index in [1.165, 1.54) is 12.1 Å². The van der Waals surface area contributed by atoms with E-state index in [1.54, 1.807) is 0 Å². The van der Waals surface area contributed by atoms with Gasteiger partial charge < -0.3 is 10.4 Å². The standard InChI is InChI=1S/C14H22FNO/c1-4-5-11(3)14(9-17)16-13-7-10(2)6-12(15)8-13/h6-8,11,14,16-17H,4-5,9H2,1-3H3. The van der Waals surface area contributed by atoms with Crippen LogP contribution in [0.15, 0.2) is 18.2 Å². The Kier molecular flexibility index (Phi) is 5.42. The maximum absolute atomic E-state index is 13.2. The van der Waals surface area contributed by atoms with Crippen molar-refractivity contribution in [2.75, 3.05) is 11.9 Å². The maximum atomic E-state index is 13.2. The Labute approximate surface area is 103 Å². The Morgan fingerprint density at radius 3 is 2.59 bits per heavy atom. The third-order valence-corrected chi connectivity index (χ3v) is 3.02. The lowest BCUT2D eigenvalue weighted by atomic mass is 9.97. The second-order valence-electron chi connectivity index (χ2n) is 4.72. The molecule has 0 spiro atoms. The Bertz CT molecular complexity index is 334. The molecule has 0 aliphatic rings. The predicted molar refractivity (Wildman–Crippen MR) is 69.7 cm³/mol. The molecule has 2 nitrogen and oxygen atoms in total. The molecule has 0 fully saturated rings. The number of nitrogens with one attached hydrogen (secondary N) is 1. The summed E-state index contributed by atoms with van der Waals surface area (Å²) >= 11 is 0. The summed E-state index contributed by atoms with van der Waals surface area (Å²) in [6.45, 7) is 6.15. The largest absolute Gasteiger partial charge is 0.394 e. The molecule has 0 aliphatic heterocycles. The Balaban J connectivity index is 2.73. The number of anilines is 1. The molecule has 0 bridgehead atoms. The first-order valence-electron chi connectivity index (χ1n) is 6.21. The van der Waals surface area contributed by atoms with Crippen LogP contribution in [0.3, 0.4) is 0 Å². The van der Waals surface area contributed by atoms with Crippen molar-refractivity contribution in [1.29, 1.82) is 0 Å². The first-order valence-corrected chi connectivity index (χ1v) is 6.21.